The summed E-state index contributed by atoms with van der Waals surface area (Å²) in [6.45, 7) is 3.85. The van der Waals surface area contributed by atoms with Gasteiger partial charge in [-0.2, -0.15) is 13.2 Å². The van der Waals surface area contributed by atoms with E-state index in [9.17, 15) is 27.6 Å². The lowest BCUT2D eigenvalue weighted by atomic mass is 10.1. The number of carboxylic acids is 1. The van der Waals surface area contributed by atoms with Crippen LogP contribution in [0.1, 0.15) is 36.2 Å². The lowest BCUT2D eigenvalue weighted by Gasteiger charge is -2.19. The van der Waals surface area contributed by atoms with Crippen molar-refractivity contribution in [1.82, 2.24) is 10.2 Å². The van der Waals surface area contributed by atoms with Crippen LogP contribution in [-0.4, -0.2) is 47.1 Å². The summed E-state index contributed by atoms with van der Waals surface area (Å²) in [5.74, 6) is -2.89. The predicted octanol–water partition coefficient (Wildman–Crippen LogP) is 2.44. The second-order valence-electron chi connectivity index (χ2n) is 6.23. The van der Waals surface area contributed by atoms with Crippen molar-refractivity contribution in [3.8, 4) is 0 Å². The number of benzene rings is 1. The molecule has 1 aromatic rings. The van der Waals surface area contributed by atoms with Crippen molar-refractivity contribution in [2.45, 2.75) is 39.0 Å². The third-order valence-corrected chi connectivity index (χ3v) is 3.54. The number of carboxylic acid groups (broad SMARTS) is 1. The van der Waals surface area contributed by atoms with E-state index in [-0.39, 0.29) is 17.4 Å². The molecule has 6 nitrogen and oxygen atoms in total. The molecule has 1 atom stereocenters. The van der Waals surface area contributed by atoms with Gasteiger partial charge in [-0.25, -0.2) is 4.79 Å². The summed E-state index contributed by atoms with van der Waals surface area (Å²) in [6.07, 6.45) is -6.37. The Balaban J connectivity index is 2.76. The van der Waals surface area contributed by atoms with Crippen molar-refractivity contribution in [2.75, 3.05) is 7.05 Å². The number of aliphatic carboxylic acids is 1. The molecule has 1 rings (SSSR count). The fourth-order valence-electron chi connectivity index (χ4n) is 2.23. The van der Waals surface area contributed by atoms with Gasteiger partial charge in [0.1, 0.15) is 6.04 Å². The van der Waals surface area contributed by atoms with Crippen LogP contribution >= 0.6 is 0 Å². The highest BCUT2D eigenvalue weighted by molar-refractivity contribution is 5.96. The van der Waals surface area contributed by atoms with E-state index < -0.39 is 30.5 Å². The molecule has 1 unspecified atom stereocenters. The Hall–Kier alpha value is -2.58. The van der Waals surface area contributed by atoms with Gasteiger partial charge in [0, 0.05) is 25.1 Å². The Morgan fingerprint density at radius 3 is 2.12 bits per heavy atom. The molecule has 0 aliphatic carbocycles. The Bertz CT molecular complexity index is 657. The molecule has 0 radical (unpaired) electrons. The van der Waals surface area contributed by atoms with Gasteiger partial charge in [-0.15, -0.1) is 0 Å². The van der Waals surface area contributed by atoms with E-state index in [1.165, 1.54) is 17.0 Å². The van der Waals surface area contributed by atoms with Crippen LogP contribution in [0.2, 0.25) is 0 Å². The molecule has 2 N–H and O–H groups in total. The zero-order valence-corrected chi connectivity index (χ0v) is 14.6. The molecule has 26 heavy (non-hydrogen) atoms. The summed E-state index contributed by atoms with van der Waals surface area (Å²) in [6, 6.07) is 3.78. The van der Waals surface area contributed by atoms with Gasteiger partial charge >= 0.3 is 12.1 Å². The Morgan fingerprint density at radius 1 is 1.15 bits per heavy atom. The SMILES string of the molecule is CC(C)C(=O)N(C)Cc1ccc(C(=O)NC(CC(F)(F)F)C(=O)O)cc1. The third kappa shape index (κ3) is 6.73. The first kappa shape index (κ1) is 21.5. The molecule has 0 aliphatic heterocycles. The van der Waals surface area contributed by atoms with Gasteiger partial charge in [0.25, 0.3) is 5.91 Å². The van der Waals surface area contributed by atoms with Crippen molar-refractivity contribution in [2.24, 2.45) is 5.92 Å². The first-order valence-electron chi connectivity index (χ1n) is 7.85. The molecule has 0 heterocycles. The minimum absolute atomic E-state index is 0.0278. The van der Waals surface area contributed by atoms with Gasteiger partial charge < -0.3 is 15.3 Å². The van der Waals surface area contributed by atoms with Gasteiger partial charge in [-0.05, 0) is 17.7 Å². The zero-order valence-electron chi connectivity index (χ0n) is 14.6. The van der Waals surface area contributed by atoms with Crippen molar-refractivity contribution in [3.05, 3.63) is 35.4 Å². The standard InChI is InChI=1S/C17H21F3N2O4/c1-10(2)15(24)22(3)9-11-4-6-12(7-5-11)14(23)21-13(16(25)26)8-17(18,19)20/h4-7,10,13H,8-9H2,1-3H3,(H,21,23)(H,25,26). The summed E-state index contributed by atoms with van der Waals surface area (Å²) in [5.41, 5.74) is 0.753. The number of halogens is 3. The number of nitrogens with zero attached hydrogens (tertiary/aromatic N) is 1. The highest BCUT2D eigenvalue weighted by Gasteiger charge is 2.36. The minimum atomic E-state index is -4.71. The van der Waals surface area contributed by atoms with Crippen LogP contribution < -0.4 is 5.32 Å². The zero-order chi connectivity index (χ0) is 20.1. The third-order valence-electron chi connectivity index (χ3n) is 3.54. The maximum absolute atomic E-state index is 12.4. The van der Waals surface area contributed by atoms with E-state index in [4.69, 9.17) is 5.11 Å². The van der Waals surface area contributed by atoms with Gasteiger partial charge in [0.05, 0.1) is 6.42 Å². The monoisotopic (exact) mass is 374 g/mol. The van der Waals surface area contributed by atoms with Crippen molar-refractivity contribution >= 4 is 17.8 Å². The summed E-state index contributed by atoms with van der Waals surface area (Å²) < 4.78 is 37.1. The maximum atomic E-state index is 12.4. The number of alkyl halides is 3. The Morgan fingerprint density at radius 2 is 1.69 bits per heavy atom. The molecule has 0 saturated carbocycles. The number of hydrogen-bond donors (Lipinski definition) is 2. The van der Waals surface area contributed by atoms with Gasteiger partial charge in [-0.3, -0.25) is 9.59 Å². The number of rotatable bonds is 7. The molecule has 0 spiro atoms. The summed E-state index contributed by atoms with van der Waals surface area (Å²) >= 11 is 0. The molecule has 2 amide bonds. The average Bonchev–Trinajstić information content (AvgIpc) is 2.52. The molecule has 9 heteroatoms. The number of hydrogen-bond acceptors (Lipinski definition) is 3. The number of amides is 2. The molecule has 0 saturated heterocycles. The smallest absolute Gasteiger partial charge is 0.391 e. The number of carbonyl (C=O) groups is 3. The van der Waals surface area contributed by atoms with E-state index in [1.807, 2.05) is 5.32 Å². The molecule has 0 aromatic heterocycles. The fourth-order valence-corrected chi connectivity index (χ4v) is 2.23. The van der Waals surface area contributed by atoms with E-state index in [0.717, 1.165) is 5.56 Å². The lowest BCUT2D eigenvalue weighted by molar-refractivity contribution is -0.157. The molecule has 0 bridgehead atoms. The van der Waals surface area contributed by atoms with Crippen LogP contribution in [0.4, 0.5) is 13.2 Å². The van der Waals surface area contributed by atoms with Gasteiger partial charge in [0.15, 0.2) is 0 Å². The average molecular weight is 374 g/mol. The van der Waals surface area contributed by atoms with Gasteiger partial charge in [-0.1, -0.05) is 26.0 Å². The van der Waals surface area contributed by atoms with Crippen molar-refractivity contribution in [3.63, 3.8) is 0 Å². The van der Waals surface area contributed by atoms with E-state index in [0.29, 0.717) is 6.54 Å². The van der Waals surface area contributed by atoms with E-state index in [2.05, 4.69) is 0 Å². The van der Waals surface area contributed by atoms with Crippen molar-refractivity contribution in [1.29, 1.82) is 0 Å². The van der Waals surface area contributed by atoms with Crippen LogP contribution in [0.15, 0.2) is 24.3 Å². The fraction of sp³-hybridized carbons (Fsp3) is 0.471. The van der Waals surface area contributed by atoms with Crippen LogP contribution in [0.25, 0.3) is 0 Å². The second kappa shape index (κ2) is 8.68. The molecule has 144 valence electrons. The molecule has 0 fully saturated rings. The Labute approximate surface area is 149 Å². The van der Waals surface area contributed by atoms with E-state index >= 15 is 0 Å². The normalized spacial score (nSPS) is 12.6. The Kier molecular flexibility index (Phi) is 7.17. The summed E-state index contributed by atoms with van der Waals surface area (Å²) in [4.78, 5) is 36.2. The van der Waals surface area contributed by atoms with Gasteiger partial charge in [0.2, 0.25) is 5.91 Å². The molecular weight excluding hydrogens is 353 g/mol. The number of nitrogens with one attached hydrogen (secondary N) is 1. The lowest BCUT2D eigenvalue weighted by Crippen LogP contribution is -2.43. The van der Waals surface area contributed by atoms with Crippen LogP contribution in [0.5, 0.6) is 0 Å². The predicted molar refractivity (Wildman–Crippen MR) is 87.3 cm³/mol. The molecular formula is C17H21F3N2O4. The highest BCUT2D eigenvalue weighted by atomic mass is 19.4. The molecule has 0 aliphatic rings. The first-order chi connectivity index (χ1) is 11.9. The second-order valence-corrected chi connectivity index (χ2v) is 6.23. The number of carbonyl (C=O) groups excluding carboxylic acids is 2. The minimum Gasteiger partial charge on any atom is -0.480 e. The largest absolute Gasteiger partial charge is 0.480 e. The van der Waals surface area contributed by atoms with Crippen LogP contribution in [0.3, 0.4) is 0 Å². The van der Waals surface area contributed by atoms with Crippen LogP contribution in [0, 0.1) is 5.92 Å². The van der Waals surface area contributed by atoms with Crippen LogP contribution in [-0.2, 0) is 16.1 Å². The maximum Gasteiger partial charge on any atom is 0.391 e. The summed E-state index contributed by atoms with van der Waals surface area (Å²) in [5, 5.41) is 10.7. The van der Waals surface area contributed by atoms with E-state index in [1.54, 1.807) is 33.0 Å². The topological polar surface area (TPSA) is 86.7 Å². The van der Waals surface area contributed by atoms with Crippen molar-refractivity contribution < 1.29 is 32.7 Å². The summed E-state index contributed by atoms with van der Waals surface area (Å²) in [7, 11) is 1.64. The highest BCUT2D eigenvalue weighted by Crippen LogP contribution is 2.22. The quantitative estimate of drug-likeness (QED) is 0.768. The molecule has 1 aromatic carbocycles. The first-order valence-corrected chi connectivity index (χ1v) is 7.85.